The van der Waals surface area contributed by atoms with Crippen molar-refractivity contribution in [2.24, 2.45) is 11.3 Å². The van der Waals surface area contributed by atoms with Crippen molar-refractivity contribution in [3.8, 4) is 11.3 Å². The highest BCUT2D eigenvalue weighted by atomic mass is 32.2. The molecule has 5 nitrogen and oxygen atoms in total. The number of nitrogens with zero attached hydrogens (tertiary/aromatic N) is 3. The van der Waals surface area contributed by atoms with Gasteiger partial charge in [0.15, 0.2) is 0 Å². The van der Waals surface area contributed by atoms with Gasteiger partial charge in [0.2, 0.25) is 0 Å². The molecule has 1 aromatic heterocycles. The van der Waals surface area contributed by atoms with Gasteiger partial charge in [0.05, 0.1) is 24.3 Å². The van der Waals surface area contributed by atoms with Gasteiger partial charge < -0.3 is 4.57 Å². The van der Waals surface area contributed by atoms with E-state index in [1.165, 1.54) is 11.1 Å². The summed E-state index contributed by atoms with van der Waals surface area (Å²) in [5.41, 5.74) is 3.80. The predicted octanol–water partition coefficient (Wildman–Crippen LogP) is 3.50. The van der Waals surface area contributed by atoms with Gasteiger partial charge in [-0.1, -0.05) is 24.3 Å². The van der Waals surface area contributed by atoms with Crippen molar-refractivity contribution in [1.82, 2.24) is 13.9 Å². The number of imidazole rings is 1. The monoisotopic (exact) mass is 393 g/mol. The standard InChI is InChI=1S/C19H21F2N3O2S/c20-18(21)27(25,26)23-7-5-19(6-8-23)9-13(10-19)17-15-4-2-1-3-14(15)16-11-22-12-24(16)17/h1-4,11-13,17-18H,5-10H2. The minimum Gasteiger partial charge on any atom is -0.323 e. The fraction of sp³-hybridized carbons (Fsp3) is 0.526. The van der Waals surface area contributed by atoms with E-state index < -0.39 is 15.8 Å². The summed E-state index contributed by atoms with van der Waals surface area (Å²) in [5.74, 6) is -2.85. The topological polar surface area (TPSA) is 55.2 Å². The largest absolute Gasteiger partial charge is 0.350 e. The molecule has 1 spiro atoms. The Bertz CT molecular complexity index is 972. The highest BCUT2D eigenvalue weighted by Crippen LogP contribution is 2.59. The lowest BCUT2D eigenvalue weighted by Crippen LogP contribution is -2.51. The number of sulfonamides is 1. The van der Waals surface area contributed by atoms with Crippen molar-refractivity contribution in [2.45, 2.75) is 37.5 Å². The van der Waals surface area contributed by atoms with E-state index in [0.29, 0.717) is 18.8 Å². The van der Waals surface area contributed by atoms with Crippen molar-refractivity contribution in [3.05, 3.63) is 42.4 Å². The van der Waals surface area contributed by atoms with Crippen molar-refractivity contribution in [1.29, 1.82) is 0 Å². The SMILES string of the molecule is O=S(=O)(C(F)F)N1CCC2(CC1)CC(C1c3ccccc3-c3cncn31)C2. The average molecular weight is 393 g/mol. The second-order valence-electron chi connectivity index (χ2n) is 8.09. The number of piperidine rings is 1. The van der Waals surface area contributed by atoms with Gasteiger partial charge in [-0.25, -0.2) is 13.4 Å². The summed E-state index contributed by atoms with van der Waals surface area (Å²) in [4.78, 5) is 4.31. The van der Waals surface area contributed by atoms with Crippen molar-refractivity contribution in [2.75, 3.05) is 13.1 Å². The van der Waals surface area contributed by atoms with Gasteiger partial charge in [-0.15, -0.1) is 0 Å². The average Bonchev–Trinajstić information content (AvgIpc) is 3.20. The number of hydrogen-bond acceptors (Lipinski definition) is 3. The first kappa shape index (κ1) is 17.3. The van der Waals surface area contributed by atoms with Crippen LogP contribution in [0.5, 0.6) is 0 Å². The molecule has 2 fully saturated rings. The Morgan fingerprint density at radius 3 is 2.56 bits per heavy atom. The van der Waals surface area contributed by atoms with Crippen LogP contribution in [0.1, 0.15) is 37.3 Å². The number of aromatic nitrogens is 2. The molecule has 0 radical (unpaired) electrons. The van der Waals surface area contributed by atoms with Crippen molar-refractivity contribution >= 4 is 10.0 Å². The van der Waals surface area contributed by atoms with Crippen LogP contribution in [0.3, 0.4) is 0 Å². The molecule has 2 aromatic rings. The summed E-state index contributed by atoms with van der Waals surface area (Å²) >= 11 is 0. The Hall–Kier alpha value is -1.80. The molecule has 144 valence electrons. The molecule has 0 N–H and O–H groups in total. The number of fused-ring (bicyclic) bond motifs is 3. The zero-order valence-corrected chi connectivity index (χ0v) is 15.6. The molecule has 27 heavy (non-hydrogen) atoms. The molecule has 1 atom stereocenters. The van der Waals surface area contributed by atoms with Crippen molar-refractivity contribution < 1.29 is 17.2 Å². The molecule has 3 aliphatic rings. The van der Waals surface area contributed by atoms with E-state index in [1.807, 2.05) is 18.6 Å². The highest BCUT2D eigenvalue weighted by molar-refractivity contribution is 7.89. The molecule has 5 rings (SSSR count). The van der Waals surface area contributed by atoms with Gasteiger partial charge in [0.25, 0.3) is 10.0 Å². The van der Waals surface area contributed by atoms with Crippen LogP contribution in [0.15, 0.2) is 36.8 Å². The van der Waals surface area contributed by atoms with Gasteiger partial charge in [-0.2, -0.15) is 13.1 Å². The Kier molecular flexibility index (Phi) is 3.75. The van der Waals surface area contributed by atoms with Gasteiger partial charge in [-0.05, 0) is 42.6 Å². The maximum atomic E-state index is 12.8. The van der Waals surface area contributed by atoms with E-state index in [2.05, 4.69) is 27.8 Å². The smallest absolute Gasteiger partial charge is 0.323 e. The molecular weight excluding hydrogens is 372 g/mol. The zero-order valence-electron chi connectivity index (χ0n) is 14.8. The van der Waals surface area contributed by atoms with Gasteiger partial charge in [-0.3, -0.25) is 0 Å². The minimum absolute atomic E-state index is 0.0943. The van der Waals surface area contributed by atoms with Crippen LogP contribution in [0.25, 0.3) is 11.3 Å². The molecule has 0 bridgehead atoms. The molecule has 1 aliphatic carbocycles. The molecule has 8 heteroatoms. The third kappa shape index (κ3) is 2.49. The van der Waals surface area contributed by atoms with E-state index in [0.717, 1.165) is 22.8 Å². The normalized spacial score (nSPS) is 24.8. The fourth-order valence-corrected chi connectivity index (χ4v) is 6.28. The lowest BCUT2D eigenvalue weighted by Gasteiger charge is -2.53. The lowest BCUT2D eigenvalue weighted by atomic mass is 9.55. The number of hydrogen-bond donors (Lipinski definition) is 0. The molecular formula is C19H21F2N3O2S. The van der Waals surface area contributed by atoms with E-state index in [1.54, 1.807) is 0 Å². The zero-order chi connectivity index (χ0) is 18.8. The maximum absolute atomic E-state index is 12.8. The summed E-state index contributed by atoms with van der Waals surface area (Å²) in [6.07, 6.45) is 7.14. The molecule has 1 saturated heterocycles. The Morgan fingerprint density at radius 1 is 1.15 bits per heavy atom. The third-order valence-corrected chi connectivity index (χ3v) is 8.26. The third-order valence-electron chi connectivity index (χ3n) is 6.73. The van der Waals surface area contributed by atoms with Gasteiger partial charge in [0.1, 0.15) is 0 Å². The van der Waals surface area contributed by atoms with E-state index >= 15 is 0 Å². The quantitative estimate of drug-likeness (QED) is 0.802. The highest BCUT2D eigenvalue weighted by Gasteiger charge is 2.52. The molecule has 1 unspecified atom stereocenters. The van der Waals surface area contributed by atoms with Crippen molar-refractivity contribution in [3.63, 3.8) is 0 Å². The number of benzene rings is 1. The van der Waals surface area contributed by atoms with Gasteiger partial charge >= 0.3 is 5.76 Å². The summed E-state index contributed by atoms with van der Waals surface area (Å²) in [7, 11) is -4.45. The first-order chi connectivity index (χ1) is 12.9. The van der Waals surface area contributed by atoms with Crippen LogP contribution in [-0.4, -0.2) is 41.1 Å². The molecule has 1 saturated carbocycles. The summed E-state index contributed by atoms with van der Waals surface area (Å²) in [6.45, 7) is 0.411. The number of alkyl halides is 2. The molecule has 0 amide bonds. The van der Waals surface area contributed by atoms with Crippen LogP contribution < -0.4 is 0 Å². The molecule has 3 heterocycles. The Morgan fingerprint density at radius 2 is 1.85 bits per heavy atom. The van der Waals surface area contributed by atoms with E-state index in [-0.39, 0.29) is 24.5 Å². The van der Waals surface area contributed by atoms with Crippen LogP contribution in [-0.2, 0) is 10.0 Å². The lowest BCUT2D eigenvalue weighted by molar-refractivity contribution is -0.0123. The fourth-order valence-electron chi connectivity index (χ4n) is 5.37. The van der Waals surface area contributed by atoms with Crippen LogP contribution in [0, 0.1) is 11.3 Å². The van der Waals surface area contributed by atoms with Gasteiger partial charge in [0, 0.05) is 18.7 Å². The van der Waals surface area contributed by atoms with E-state index in [4.69, 9.17) is 0 Å². The van der Waals surface area contributed by atoms with Crippen LogP contribution >= 0.6 is 0 Å². The Labute approximate surface area is 157 Å². The maximum Gasteiger partial charge on any atom is 0.350 e. The molecule has 1 aromatic carbocycles. The first-order valence-electron chi connectivity index (χ1n) is 9.30. The second kappa shape index (κ2) is 5.85. The van der Waals surface area contributed by atoms with Crippen LogP contribution in [0.2, 0.25) is 0 Å². The summed E-state index contributed by atoms with van der Waals surface area (Å²) in [5, 5.41) is 0. The number of rotatable bonds is 3. The Balaban J connectivity index is 1.31. The molecule has 2 aliphatic heterocycles. The van der Waals surface area contributed by atoms with Crippen LogP contribution in [0.4, 0.5) is 8.78 Å². The van der Waals surface area contributed by atoms with E-state index in [9.17, 15) is 17.2 Å². The first-order valence-corrected chi connectivity index (χ1v) is 10.8. The summed E-state index contributed by atoms with van der Waals surface area (Å²) < 4.78 is 52.1. The summed E-state index contributed by atoms with van der Waals surface area (Å²) in [6, 6.07) is 8.68. The second-order valence-corrected chi connectivity index (χ2v) is 9.99. The predicted molar refractivity (Wildman–Crippen MR) is 96.7 cm³/mol. The minimum atomic E-state index is -4.45. The number of halogens is 2.